The van der Waals surface area contributed by atoms with Gasteiger partial charge in [0.25, 0.3) is 0 Å². The van der Waals surface area contributed by atoms with Crippen LogP contribution in [0.2, 0.25) is 0 Å². The molecule has 0 bridgehead atoms. The molecule has 0 radical (unpaired) electrons. The van der Waals surface area contributed by atoms with Gasteiger partial charge < -0.3 is 19.1 Å². The molecule has 1 aliphatic heterocycles. The van der Waals surface area contributed by atoms with Crippen LogP contribution in [0.4, 0.5) is 4.79 Å². The van der Waals surface area contributed by atoms with Gasteiger partial charge in [-0.1, -0.05) is 0 Å². The number of carbonyl (C=O) groups is 2. The topological polar surface area (TPSA) is 65.1 Å². The molecule has 1 fully saturated rings. The molecule has 6 nitrogen and oxygen atoms in total. The molecule has 0 saturated carbocycles. The number of nitrogens with zero attached hydrogens (tertiary/aromatic N) is 1. The second-order valence-electron chi connectivity index (χ2n) is 5.97. The van der Waals surface area contributed by atoms with Crippen molar-refractivity contribution in [2.45, 2.75) is 45.3 Å². The summed E-state index contributed by atoms with van der Waals surface area (Å²) in [5.74, 6) is -0.419. The van der Waals surface area contributed by atoms with Crippen molar-refractivity contribution in [3.05, 3.63) is 0 Å². The molecule has 1 atom stereocenters. The van der Waals surface area contributed by atoms with Crippen molar-refractivity contribution in [3.63, 3.8) is 0 Å². The Morgan fingerprint density at radius 3 is 2.47 bits per heavy atom. The molecule has 1 heterocycles. The molecule has 0 aromatic rings. The van der Waals surface area contributed by atoms with Crippen molar-refractivity contribution >= 4 is 12.1 Å². The molecule has 0 N–H and O–H groups in total. The van der Waals surface area contributed by atoms with Crippen molar-refractivity contribution in [3.8, 4) is 0 Å². The average Bonchev–Trinajstić information content (AvgIpc) is 2.67. The minimum Gasteiger partial charge on any atom is -0.467 e. The minimum atomic E-state index is -0.523. The van der Waals surface area contributed by atoms with E-state index in [1.165, 1.54) is 7.11 Å². The summed E-state index contributed by atoms with van der Waals surface area (Å²) in [6.07, 6.45) is 0.321. The number of hydrogen-bond acceptors (Lipinski definition) is 5. The predicted octanol–water partition coefficient (Wildman–Crippen LogP) is 1.58. The van der Waals surface area contributed by atoms with E-state index in [1.807, 2.05) is 27.7 Å². The van der Waals surface area contributed by atoms with Gasteiger partial charge in [0.2, 0.25) is 0 Å². The van der Waals surface area contributed by atoms with E-state index in [-0.39, 0.29) is 12.7 Å². The fraction of sp³-hybridized carbons (Fsp3) is 0.846. The summed E-state index contributed by atoms with van der Waals surface area (Å²) in [7, 11) is 1.32. The zero-order valence-corrected chi connectivity index (χ0v) is 12.3. The number of rotatable bonds is 3. The highest BCUT2D eigenvalue weighted by Gasteiger charge is 2.39. The zero-order chi connectivity index (χ0) is 14.7. The summed E-state index contributed by atoms with van der Waals surface area (Å²) < 4.78 is 15.4. The van der Waals surface area contributed by atoms with Gasteiger partial charge in [0, 0.05) is 6.54 Å². The van der Waals surface area contributed by atoms with Gasteiger partial charge in [0.15, 0.2) is 0 Å². The SMILES string of the molecule is COC(=O)COC1(C)CCN(C(=O)OC(C)(C)C)C1. The molecule has 0 aliphatic carbocycles. The largest absolute Gasteiger partial charge is 0.467 e. The van der Waals surface area contributed by atoms with Crippen LogP contribution in [-0.4, -0.2) is 55.0 Å². The summed E-state index contributed by atoms with van der Waals surface area (Å²) >= 11 is 0. The zero-order valence-electron chi connectivity index (χ0n) is 12.3. The molecular weight excluding hydrogens is 250 g/mol. The van der Waals surface area contributed by atoms with Crippen LogP contribution in [0.25, 0.3) is 0 Å². The first-order valence-corrected chi connectivity index (χ1v) is 6.34. The molecule has 1 unspecified atom stereocenters. The van der Waals surface area contributed by atoms with Crippen LogP contribution in [-0.2, 0) is 19.0 Å². The predicted molar refractivity (Wildman–Crippen MR) is 68.8 cm³/mol. The Kier molecular flexibility index (Phi) is 4.79. The Hall–Kier alpha value is -1.30. The number of ether oxygens (including phenoxy) is 3. The lowest BCUT2D eigenvalue weighted by Crippen LogP contribution is -2.39. The average molecular weight is 273 g/mol. The van der Waals surface area contributed by atoms with Crippen LogP contribution in [0.1, 0.15) is 34.1 Å². The number of esters is 1. The van der Waals surface area contributed by atoms with Gasteiger partial charge in [-0.3, -0.25) is 0 Å². The third-order valence-corrected chi connectivity index (χ3v) is 2.85. The number of likely N-dealkylation sites (tertiary alicyclic amines) is 1. The van der Waals surface area contributed by atoms with E-state index >= 15 is 0 Å². The number of carbonyl (C=O) groups excluding carboxylic acids is 2. The summed E-state index contributed by atoms with van der Waals surface area (Å²) in [6.45, 7) is 8.23. The highest BCUT2D eigenvalue weighted by Crippen LogP contribution is 2.26. The molecule has 0 spiro atoms. The van der Waals surface area contributed by atoms with Crippen molar-refractivity contribution < 1.29 is 23.8 Å². The summed E-state index contributed by atoms with van der Waals surface area (Å²) in [5.41, 5.74) is -1.03. The van der Waals surface area contributed by atoms with Crippen molar-refractivity contribution in [2.24, 2.45) is 0 Å². The Bertz CT molecular complexity index is 349. The molecule has 1 rings (SSSR count). The van der Waals surface area contributed by atoms with Crippen LogP contribution in [0.15, 0.2) is 0 Å². The van der Waals surface area contributed by atoms with Gasteiger partial charge in [-0.05, 0) is 34.1 Å². The quantitative estimate of drug-likeness (QED) is 0.730. The number of hydrogen-bond donors (Lipinski definition) is 0. The minimum absolute atomic E-state index is 0.102. The van der Waals surface area contributed by atoms with E-state index in [1.54, 1.807) is 4.90 Å². The standard InChI is InChI=1S/C13H23NO5/c1-12(2,3)19-11(16)14-7-6-13(4,9-14)18-8-10(15)17-5/h6-9H2,1-5H3. The normalized spacial score (nSPS) is 23.3. The highest BCUT2D eigenvalue weighted by molar-refractivity contribution is 5.70. The smallest absolute Gasteiger partial charge is 0.410 e. The van der Waals surface area contributed by atoms with Crippen molar-refractivity contribution in [1.82, 2.24) is 4.90 Å². The maximum absolute atomic E-state index is 11.9. The van der Waals surface area contributed by atoms with Crippen molar-refractivity contribution in [1.29, 1.82) is 0 Å². The molecule has 1 amide bonds. The molecule has 1 aliphatic rings. The highest BCUT2D eigenvalue weighted by atomic mass is 16.6. The number of amides is 1. The van der Waals surface area contributed by atoms with Crippen LogP contribution in [0, 0.1) is 0 Å². The third-order valence-electron chi connectivity index (χ3n) is 2.85. The van der Waals surface area contributed by atoms with Crippen LogP contribution in [0.3, 0.4) is 0 Å². The second kappa shape index (κ2) is 5.77. The molecular formula is C13H23NO5. The van der Waals surface area contributed by atoms with Gasteiger partial charge in [0.1, 0.15) is 12.2 Å². The lowest BCUT2D eigenvalue weighted by molar-refractivity contribution is -0.151. The maximum Gasteiger partial charge on any atom is 0.410 e. The maximum atomic E-state index is 11.9. The first-order chi connectivity index (χ1) is 8.65. The second-order valence-corrected chi connectivity index (χ2v) is 5.97. The molecule has 19 heavy (non-hydrogen) atoms. The molecule has 110 valence electrons. The Morgan fingerprint density at radius 1 is 1.32 bits per heavy atom. The van der Waals surface area contributed by atoms with E-state index in [9.17, 15) is 9.59 Å². The van der Waals surface area contributed by atoms with Crippen LogP contribution >= 0.6 is 0 Å². The van der Waals surface area contributed by atoms with Crippen LogP contribution in [0.5, 0.6) is 0 Å². The molecule has 0 aromatic heterocycles. The van der Waals surface area contributed by atoms with E-state index in [0.717, 1.165) is 0 Å². The first-order valence-electron chi connectivity index (χ1n) is 6.34. The monoisotopic (exact) mass is 273 g/mol. The van der Waals surface area contributed by atoms with E-state index in [2.05, 4.69) is 4.74 Å². The molecule has 0 aromatic carbocycles. The summed E-state index contributed by atoms with van der Waals surface area (Å²) in [4.78, 5) is 24.6. The third kappa shape index (κ3) is 5.06. The molecule has 6 heteroatoms. The Balaban J connectivity index is 2.48. The first kappa shape index (κ1) is 15.8. The number of methoxy groups -OCH3 is 1. The Morgan fingerprint density at radius 2 is 1.95 bits per heavy atom. The summed E-state index contributed by atoms with van der Waals surface area (Å²) in [5, 5.41) is 0. The molecule has 1 saturated heterocycles. The van der Waals surface area contributed by atoms with E-state index in [4.69, 9.17) is 9.47 Å². The van der Waals surface area contributed by atoms with Gasteiger partial charge in [-0.2, -0.15) is 0 Å². The van der Waals surface area contributed by atoms with Gasteiger partial charge >= 0.3 is 12.1 Å². The van der Waals surface area contributed by atoms with Crippen LogP contribution < -0.4 is 0 Å². The summed E-state index contributed by atoms with van der Waals surface area (Å²) in [6, 6.07) is 0. The Labute approximate surface area is 114 Å². The van der Waals surface area contributed by atoms with Gasteiger partial charge in [0.05, 0.1) is 19.3 Å². The van der Waals surface area contributed by atoms with E-state index in [0.29, 0.717) is 19.5 Å². The van der Waals surface area contributed by atoms with E-state index < -0.39 is 17.2 Å². The van der Waals surface area contributed by atoms with Gasteiger partial charge in [-0.15, -0.1) is 0 Å². The van der Waals surface area contributed by atoms with Gasteiger partial charge in [-0.25, -0.2) is 9.59 Å². The lowest BCUT2D eigenvalue weighted by atomic mass is 10.1. The van der Waals surface area contributed by atoms with Crippen molar-refractivity contribution in [2.75, 3.05) is 26.8 Å². The fourth-order valence-electron chi connectivity index (χ4n) is 1.83. The lowest BCUT2D eigenvalue weighted by Gasteiger charge is -2.27. The fourth-order valence-corrected chi connectivity index (χ4v) is 1.83.